The van der Waals surface area contributed by atoms with E-state index in [4.69, 9.17) is 16.3 Å². The van der Waals surface area contributed by atoms with Crippen molar-refractivity contribution in [3.63, 3.8) is 0 Å². The molecule has 0 amide bonds. The quantitative estimate of drug-likeness (QED) is 0.343. The predicted octanol–water partition coefficient (Wildman–Crippen LogP) is 6.85. The molecule has 0 radical (unpaired) electrons. The third kappa shape index (κ3) is 5.92. The van der Waals surface area contributed by atoms with Crippen molar-refractivity contribution >= 4 is 22.5 Å². The number of benzene rings is 2. The van der Waals surface area contributed by atoms with Gasteiger partial charge in [-0.2, -0.15) is 22.0 Å². The minimum absolute atomic E-state index is 0.0244. The highest BCUT2D eigenvalue weighted by atomic mass is 35.5. The summed E-state index contributed by atoms with van der Waals surface area (Å²) in [6.45, 7) is 3.56. The molecule has 0 fully saturated rings. The molecule has 0 aliphatic heterocycles. The van der Waals surface area contributed by atoms with Gasteiger partial charge < -0.3 is 9.72 Å². The molecule has 9 heteroatoms. The first kappa shape index (κ1) is 24.3. The average molecular weight is 475 g/mol. The summed E-state index contributed by atoms with van der Waals surface area (Å²) in [5.74, 6) is -4.93. The number of aromatic amines is 1. The Morgan fingerprint density at radius 2 is 1.81 bits per heavy atom. The number of halogens is 6. The van der Waals surface area contributed by atoms with Crippen LogP contribution in [0.1, 0.15) is 25.0 Å². The molecule has 32 heavy (non-hydrogen) atoms. The number of aromatic nitrogens is 1. The molecule has 0 bridgehead atoms. The SMILES string of the molecule is CC(C)N(CCc1c[nH]c2cc(Cl)ccc12)Cc1cccc(OCC(F)(F)C(F)(F)F)c1. The monoisotopic (exact) mass is 474 g/mol. The van der Waals surface area contributed by atoms with Crippen molar-refractivity contribution < 1.29 is 26.7 Å². The van der Waals surface area contributed by atoms with E-state index in [0.29, 0.717) is 11.6 Å². The zero-order chi connectivity index (χ0) is 23.5. The van der Waals surface area contributed by atoms with Crippen LogP contribution in [0.3, 0.4) is 0 Å². The van der Waals surface area contributed by atoms with Gasteiger partial charge in [-0.05, 0) is 55.7 Å². The normalized spacial score (nSPS) is 12.8. The Morgan fingerprint density at radius 1 is 1.06 bits per heavy atom. The minimum atomic E-state index is -5.65. The highest BCUT2D eigenvalue weighted by molar-refractivity contribution is 6.31. The van der Waals surface area contributed by atoms with E-state index in [1.54, 1.807) is 12.1 Å². The molecule has 0 aliphatic carbocycles. The number of rotatable bonds is 9. The van der Waals surface area contributed by atoms with Gasteiger partial charge in [0.15, 0.2) is 6.61 Å². The summed E-state index contributed by atoms with van der Waals surface area (Å²) in [4.78, 5) is 5.41. The van der Waals surface area contributed by atoms with Crippen LogP contribution in [0.2, 0.25) is 5.02 Å². The first-order valence-electron chi connectivity index (χ1n) is 10.1. The number of alkyl halides is 5. The zero-order valence-electron chi connectivity index (χ0n) is 17.6. The second-order valence-corrected chi connectivity index (χ2v) is 8.39. The molecule has 0 aliphatic rings. The lowest BCUT2D eigenvalue weighted by atomic mass is 10.1. The van der Waals surface area contributed by atoms with Crippen molar-refractivity contribution in [1.29, 1.82) is 0 Å². The first-order chi connectivity index (χ1) is 15.0. The summed E-state index contributed by atoms with van der Waals surface area (Å²) >= 11 is 6.03. The van der Waals surface area contributed by atoms with Gasteiger partial charge in [-0.3, -0.25) is 4.90 Å². The third-order valence-corrected chi connectivity index (χ3v) is 5.48. The van der Waals surface area contributed by atoms with Crippen molar-refractivity contribution in [3.8, 4) is 5.75 Å². The topological polar surface area (TPSA) is 28.3 Å². The maximum atomic E-state index is 13.1. The van der Waals surface area contributed by atoms with Crippen molar-refractivity contribution in [2.24, 2.45) is 0 Å². The zero-order valence-corrected chi connectivity index (χ0v) is 18.4. The summed E-state index contributed by atoms with van der Waals surface area (Å²) < 4.78 is 68.1. The molecule has 0 saturated heterocycles. The Labute approximate surface area is 188 Å². The molecule has 1 heterocycles. The summed E-state index contributed by atoms with van der Waals surface area (Å²) in [5, 5.41) is 1.75. The Hall–Kier alpha value is -2.32. The summed E-state index contributed by atoms with van der Waals surface area (Å²) in [5.41, 5.74) is 2.87. The van der Waals surface area contributed by atoms with E-state index in [2.05, 4.69) is 9.88 Å². The lowest BCUT2D eigenvalue weighted by Gasteiger charge is -2.27. The van der Waals surface area contributed by atoms with Crippen LogP contribution in [0.25, 0.3) is 10.9 Å². The largest absolute Gasteiger partial charge is 0.487 e. The molecule has 3 rings (SSSR count). The third-order valence-electron chi connectivity index (χ3n) is 5.25. The Bertz CT molecular complexity index is 1050. The number of ether oxygens (including phenoxy) is 1. The molecule has 2 aromatic carbocycles. The summed E-state index contributed by atoms with van der Waals surface area (Å²) in [7, 11) is 0. The molecular weight excluding hydrogens is 451 g/mol. The fourth-order valence-corrected chi connectivity index (χ4v) is 3.55. The van der Waals surface area contributed by atoms with E-state index in [-0.39, 0.29) is 11.8 Å². The van der Waals surface area contributed by atoms with E-state index in [1.807, 2.05) is 38.2 Å². The number of H-pyrrole nitrogens is 1. The standard InChI is InChI=1S/C23H24ClF5N2O/c1-15(2)31(9-8-17-12-30-21-11-18(24)6-7-20(17)21)13-16-4-3-5-19(10-16)32-14-22(25,26)23(27,28)29/h3-7,10-12,15,30H,8-9,13-14H2,1-2H3. The number of hydrogen-bond donors (Lipinski definition) is 1. The summed E-state index contributed by atoms with van der Waals surface area (Å²) in [6, 6.07) is 12.1. The number of nitrogens with one attached hydrogen (secondary N) is 1. The molecule has 0 spiro atoms. The van der Waals surface area contributed by atoms with Crippen LogP contribution in [0.4, 0.5) is 22.0 Å². The van der Waals surface area contributed by atoms with Crippen LogP contribution >= 0.6 is 11.6 Å². The van der Waals surface area contributed by atoms with Crippen molar-refractivity contribution in [1.82, 2.24) is 9.88 Å². The number of fused-ring (bicyclic) bond motifs is 1. The Balaban J connectivity index is 1.65. The fraction of sp³-hybridized carbons (Fsp3) is 0.391. The predicted molar refractivity (Wildman–Crippen MR) is 115 cm³/mol. The van der Waals surface area contributed by atoms with Gasteiger partial charge in [-0.25, -0.2) is 0 Å². The van der Waals surface area contributed by atoms with Gasteiger partial charge in [0.1, 0.15) is 5.75 Å². The molecular formula is C23H24ClF5N2O. The van der Waals surface area contributed by atoms with Crippen molar-refractivity contribution in [2.75, 3.05) is 13.2 Å². The highest BCUT2D eigenvalue weighted by Crippen LogP contribution is 2.35. The minimum Gasteiger partial charge on any atom is -0.487 e. The van der Waals surface area contributed by atoms with E-state index in [1.165, 1.54) is 12.1 Å². The van der Waals surface area contributed by atoms with Gasteiger partial charge in [-0.15, -0.1) is 0 Å². The Morgan fingerprint density at radius 3 is 2.50 bits per heavy atom. The van der Waals surface area contributed by atoms with Crippen LogP contribution in [0.15, 0.2) is 48.7 Å². The second kappa shape index (κ2) is 9.67. The van der Waals surface area contributed by atoms with Crippen molar-refractivity contribution in [3.05, 3.63) is 64.8 Å². The molecule has 3 aromatic rings. The molecule has 0 unspecified atom stereocenters. The molecule has 1 N–H and O–H groups in total. The second-order valence-electron chi connectivity index (χ2n) is 7.96. The average Bonchev–Trinajstić information content (AvgIpc) is 3.11. The van der Waals surface area contributed by atoms with Gasteiger partial charge in [0.05, 0.1) is 0 Å². The van der Waals surface area contributed by atoms with Crippen molar-refractivity contribution in [2.45, 2.75) is 45.0 Å². The van der Waals surface area contributed by atoms with E-state index in [0.717, 1.165) is 35.0 Å². The molecule has 0 atom stereocenters. The molecule has 3 nitrogen and oxygen atoms in total. The van der Waals surface area contributed by atoms with Crippen LogP contribution in [0.5, 0.6) is 5.75 Å². The fourth-order valence-electron chi connectivity index (χ4n) is 3.37. The van der Waals surface area contributed by atoms with Crippen LogP contribution in [-0.2, 0) is 13.0 Å². The van der Waals surface area contributed by atoms with Gasteiger partial charge in [0.25, 0.3) is 0 Å². The highest BCUT2D eigenvalue weighted by Gasteiger charge is 2.58. The van der Waals surface area contributed by atoms with Gasteiger partial charge >= 0.3 is 12.1 Å². The van der Waals surface area contributed by atoms with E-state index >= 15 is 0 Å². The lowest BCUT2D eigenvalue weighted by molar-refractivity contribution is -0.290. The first-order valence-corrected chi connectivity index (χ1v) is 10.5. The number of nitrogens with zero attached hydrogens (tertiary/aromatic N) is 1. The van der Waals surface area contributed by atoms with Crippen LogP contribution in [-0.4, -0.2) is 41.2 Å². The lowest BCUT2D eigenvalue weighted by Crippen LogP contribution is -2.41. The Kier molecular flexibility index (Phi) is 7.35. The summed E-state index contributed by atoms with van der Waals surface area (Å²) in [6.07, 6.45) is -2.92. The van der Waals surface area contributed by atoms with E-state index in [9.17, 15) is 22.0 Å². The molecule has 174 valence electrons. The molecule has 0 saturated carbocycles. The number of hydrogen-bond acceptors (Lipinski definition) is 2. The maximum absolute atomic E-state index is 13.1. The van der Waals surface area contributed by atoms with E-state index < -0.39 is 18.7 Å². The van der Waals surface area contributed by atoms with Crippen LogP contribution in [0, 0.1) is 0 Å². The van der Waals surface area contributed by atoms with Gasteiger partial charge in [0.2, 0.25) is 0 Å². The van der Waals surface area contributed by atoms with Gasteiger partial charge in [-0.1, -0.05) is 29.8 Å². The maximum Gasteiger partial charge on any atom is 0.456 e. The molecule has 1 aromatic heterocycles. The smallest absolute Gasteiger partial charge is 0.456 e. The van der Waals surface area contributed by atoms with Gasteiger partial charge in [0, 0.05) is 41.3 Å². The van der Waals surface area contributed by atoms with Crippen LogP contribution < -0.4 is 4.74 Å².